The van der Waals surface area contributed by atoms with Gasteiger partial charge in [0.25, 0.3) is 0 Å². The Morgan fingerprint density at radius 2 is 1.90 bits per heavy atom. The molecule has 0 saturated heterocycles. The first-order valence-electron chi connectivity index (χ1n) is 7.25. The van der Waals surface area contributed by atoms with Gasteiger partial charge in [-0.1, -0.05) is 50.6 Å². The third-order valence-corrected chi connectivity index (χ3v) is 5.04. The highest BCUT2D eigenvalue weighted by Gasteiger charge is 2.16. The molecule has 2 aromatic rings. The quantitative estimate of drug-likeness (QED) is 0.814. The van der Waals surface area contributed by atoms with Crippen LogP contribution >= 0.6 is 11.3 Å². The van der Waals surface area contributed by atoms with Crippen LogP contribution in [0.5, 0.6) is 0 Å². The number of thiophene rings is 1. The van der Waals surface area contributed by atoms with Gasteiger partial charge in [-0.2, -0.15) is 0 Å². The van der Waals surface area contributed by atoms with Gasteiger partial charge in [0.2, 0.25) is 0 Å². The second-order valence-corrected chi connectivity index (χ2v) is 7.70. The highest BCUT2D eigenvalue weighted by atomic mass is 32.1. The van der Waals surface area contributed by atoms with Crippen molar-refractivity contribution in [3.05, 3.63) is 57.3 Å². The fraction of sp³-hybridized carbons (Fsp3) is 0.444. The minimum atomic E-state index is 0.255. The SMILES string of the molecule is Cc1cccc([C@@H](C)NCc2ccc(C(C)(C)C)s2)c1. The average Bonchev–Trinajstić information content (AvgIpc) is 2.84. The van der Waals surface area contributed by atoms with Crippen molar-refractivity contribution in [1.29, 1.82) is 0 Å². The Morgan fingerprint density at radius 1 is 1.15 bits per heavy atom. The van der Waals surface area contributed by atoms with E-state index in [1.54, 1.807) is 0 Å². The summed E-state index contributed by atoms with van der Waals surface area (Å²) in [6, 6.07) is 13.6. The normalized spacial score (nSPS) is 13.4. The predicted octanol–water partition coefficient (Wildman–Crippen LogP) is 5.20. The molecule has 0 aliphatic heterocycles. The summed E-state index contributed by atoms with van der Waals surface area (Å²) in [5.41, 5.74) is 2.94. The van der Waals surface area contributed by atoms with E-state index in [0.29, 0.717) is 6.04 Å². The predicted molar refractivity (Wildman–Crippen MR) is 89.5 cm³/mol. The zero-order chi connectivity index (χ0) is 14.8. The lowest BCUT2D eigenvalue weighted by atomic mass is 9.95. The first kappa shape index (κ1) is 15.3. The van der Waals surface area contributed by atoms with Crippen molar-refractivity contribution in [2.24, 2.45) is 0 Å². The van der Waals surface area contributed by atoms with Gasteiger partial charge < -0.3 is 5.32 Å². The van der Waals surface area contributed by atoms with Crippen LogP contribution < -0.4 is 5.32 Å². The fourth-order valence-corrected chi connectivity index (χ4v) is 3.20. The second-order valence-electron chi connectivity index (χ2n) is 6.53. The maximum Gasteiger partial charge on any atom is 0.0305 e. The molecule has 2 heteroatoms. The van der Waals surface area contributed by atoms with Crippen LogP contribution in [-0.2, 0) is 12.0 Å². The Balaban J connectivity index is 1.97. The molecule has 1 aromatic heterocycles. The van der Waals surface area contributed by atoms with Gasteiger partial charge in [-0.15, -0.1) is 11.3 Å². The van der Waals surface area contributed by atoms with Gasteiger partial charge in [0.15, 0.2) is 0 Å². The number of benzene rings is 1. The Hall–Kier alpha value is -1.12. The number of hydrogen-bond donors (Lipinski definition) is 1. The van der Waals surface area contributed by atoms with Gasteiger partial charge >= 0.3 is 0 Å². The fourth-order valence-electron chi connectivity index (χ4n) is 2.19. The first-order valence-corrected chi connectivity index (χ1v) is 8.07. The molecule has 2 rings (SSSR count). The van der Waals surface area contributed by atoms with Crippen LogP contribution in [0.1, 0.15) is 54.6 Å². The summed E-state index contributed by atoms with van der Waals surface area (Å²) < 4.78 is 0. The van der Waals surface area contributed by atoms with E-state index in [2.05, 4.69) is 76.3 Å². The summed E-state index contributed by atoms with van der Waals surface area (Å²) in [4.78, 5) is 2.87. The van der Waals surface area contributed by atoms with Crippen molar-refractivity contribution in [2.75, 3.05) is 0 Å². The molecule has 0 unspecified atom stereocenters. The molecule has 1 nitrogen and oxygen atoms in total. The van der Waals surface area contributed by atoms with Crippen LogP contribution in [0.3, 0.4) is 0 Å². The van der Waals surface area contributed by atoms with E-state index >= 15 is 0 Å². The number of aryl methyl sites for hydroxylation is 1. The molecule has 0 bridgehead atoms. The van der Waals surface area contributed by atoms with E-state index in [1.807, 2.05) is 11.3 Å². The summed E-state index contributed by atoms with van der Waals surface area (Å²) in [5.74, 6) is 0. The topological polar surface area (TPSA) is 12.0 Å². The van der Waals surface area contributed by atoms with Gasteiger partial charge in [-0.25, -0.2) is 0 Å². The summed E-state index contributed by atoms with van der Waals surface area (Å²) in [6.45, 7) is 12.1. The Morgan fingerprint density at radius 3 is 2.50 bits per heavy atom. The van der Waals surface area contributed by atoms with Gasteiger partial charge in [-0.3, -0.25) is 0 Å². The van der Waals surface area contributed by atoms with Gasteiger partial charge in [0, 0.05) is 22.3 Å². The maximum atomic E-state index is 3.62. The molecule has 0 fully saturated rings. The summed E-state index contributed by atoms with van der Waals surface area (Å²) in [7, 11) is 0. The van der Waals surface area contributed by atoms with Crippen molar-refractivity contribution >= 4 is 11.3 Å². The third-order valence-electron chi connectivity index (χ3n) is 3.53. The molecule has 1 N–H and O–H groups in total. The van der Waals surface area contributed by atoms with E-state index in [-0.39, 0.29) is 5.41 Å². The Labute approximate surface area is 127 Å². The molecule has 0 aliphatic rings. The molecule has 1 heterocycles. The number of rotatable bonds is 4. The van der Waals surface area contributed by atoms with E-state index < -0.39 is 0 Å². The second kappa shape index (κ2) is 6.11. The maximum absolute atomic E-state index is 3.62. The number of hydrogen-bond acceptors (Lipinski definition) is 2. The molecule has 0 saturated carbocycles. The molecule has 0 aliphatic carbocycles. The van der Waals surface area contributed by atoms with E-state index in [9.17, 15) is 0 Å². The monoisotopic (exact) mass is 287 g/mol. The largest absolute Gasteiger partial charge is 0.305 e. The summed E-state index contributed by atoms with van der Waals surface area (Å²) in [5, 5.41) is 3.62. The van der Waals surface area contributed by atoms with Crippen LogP contribution in [0.4, 0.5) is 0 Å². The van der Waals surface area contributed by atoms with Gasteiger partial charge in [0.05, 0.1) is 0 Å². The van der Waals surface area contributed by atoms with Crippen molar-refractivity contribution in [1.82, 2.24) is 5.32 Å². The van der Waals surface area contributed by atoms with Crippen LogP contribution in [0.2, 0.25) is 0 Å². The third kappa shape index (κ3) is 3.94. The lowest BCUT2D eigenvalue weighted by Crippen LogP contribution is -2.17. The lowest BCUT2D eigenvalue weighted by Gasteiger charge is -2.16. The summed E-state index contributed by atoms with van der Waals surface area (Å²) in [6.07, 6.45) is 0. The van der Waals surface area contributed by atoms with Gasteiger partial charge in [-0.05, 0) is 37.0 Å². The smallest absolute Gasteiger partial charge is 0.0305 e. The zero-order valence-electron chi connectivity index (χ0n) is 13.2. The minimum Gasteiger partial charge on any atom is -0.305 e. The highest BCUT2D eigenvalue weighted by molar-refractivity contribution is 7.12. The van der Waals surface area contributed by atoms with Crippen molar-refractivity contribution < 1.29 is 0 Å². The van der Waals surface area contributed by atoms with Crippen molar-refractivity contribution in [3.63, 3.8) is 0 Å². The van der Waals surface area contributed by atoms with Crippen LogP contribution in [0.25, 0.3) is 0 Å². The minimum absolute atomic E-state index is 0.255. The van der Waals surface area contributed by atoms with Crippen molar-refractivity contribution in [3.8, 4) is 0 Å². The zero-order valence-corrected chi connectivity index (χ0v) is 14.0. The lowest BCUT2D eigenvalue weighted by molar-refractivity contribution is 0.578. The standard InChI is InChI=1S/C18H25NS/c1-13-7-6-8-15(11-13)14(2)19-12-16-9-10-17(20-16)18(3,4)5/h6-11,14,19H,12H2,1-5H3/t14-/m1/s1. The van der Waals surface area contributed by atoms with Gasteiger partial charge in [0.1, 0.15) is 0 Å². The van der Waals surface area contributed by atoms with E-state index in [0.717, 1.165) is 6.54 Å². The Kier molecular flexibility index (Phi) is 4.66. The average molecular weight is 287 g/mol. The molecule has 0 amide bonds. The number of nitrogens with one attached hydrogen (secondary N) is 1. The highest BCUT2D eigenvalue weighted by Crippen LogP contribution is 2.29. The van der Waals surface area contributed by atoms with Crippen LogP contribution in [0.15, 0.2) is 36.4 Å². The Bertz CT molecular complexity index is 563. The molecule has 20 heavy (non-hydrogen) atoms. The van der Waals surface area contributed by atoms with Crippen molar-refractivity contribution in [2.45, 2.75) is 52.6 Å². The molecule has 108 valence electrons. The molecular weight excluding hydrogens is 262 g/mol. The molecule has 0 radical (unpaired) electrons. The molecule has 1 aromatic carbocycles. The molecule has 0 spiro atoms. The van der Waals surface area contributed by atoms with E-state index in [4.69, 9.17) is 0 Å². The van der Waals surface area contributed by atoms with E-state index in [1.165, 1.54) is 20.9 Å². The molecular formula is C18H25NS. The van der Waals surface area contributed by atoms with Crippen LogP contribution in [0, 0.1) is 6.92 Å². The van der Waals surface area contributed by atoms with Crippen LogP contribution in [-0.4, -0.2) is 0 Å². The first-order chi connectivity index (χ1) is 9.36. The molecule has 1 atom stereocenters. The summed E-state index contributed by atoms with van der Waals surface area (Å²) >= 11 is 1.92.